The van der Waals surface area contributed by atoms with Crippen LogP contribution in [0, 0.1) is 12.7 Å². The first-order valence-corrected chi connectivity index (χ1v) is 5.45. The molecule has 16 heavy (non-hydrogen) atoms. The third-order valence-electron chi connectivity index (χ3n) is 2.77. The van der Waals surface area contributed by atoms with Crippen LogP contribution >= 0.6 is 0 Å². The molecule has 0 saturated carbocycles. The Morgan fingerprint density at radius 3 is 2.62 bits per heavy atom. The summed E-state index contributed by atoms with van der Waals surface area (Å²) in [6.07, 6.45) is 0.798. The van der Waals surface area contributed by atoms with Gasteiger partial charge in [0.1, 0.15) is 5.82 Å². The highest BCUT2D eigenvalue weighted by Crippen LogP contribution is 2.14. The van der Waals surface area contributed by atoms with Gasteiger partial charge in [-0.05, 0) is 38.8 Å². The van der Waals surface area contributed by atoms with Crippen molar-refractivity contribution in [1.29, 1.82) is 0 Å². The second-order valence-corrected chi connectivity index (χ2v) is 4.63. The normalized spacial score (nSPS) is 11.3. The van der Waals surface area contributed by atoms with E-state index in [0.29, 0.717) is 5.56 Å². The molecular formula is C13H18FNO. The number of halogens is 1. The van der Waals surface area contributed by atoms with Crippen LogP contribution in [0.2, 0.25) is 0 Å². The Labute approximate surface area is 95.9 Å². The summed E-state index contributed by atoms with van der Waals surface area (Å²) in [5, 5.41) is 2.81. The average Bonchev–Trinajstić information content (AvgIpc) is 2.21. The Kier molecular flexibility index (Phi) is 3.68. The third-order valence-corrected chi connectivity index (χ3v) is 2.77. The van der Waals surface area contributed by atoms with Crippen LogP contribution in [0.15, 0.2) is 18.2 Å². The minimum absolute atomic E-state index is 0.113. The fraction of sp³-hybridized carbons (Fsp3) is 0.462. The number of hydrogen-bond acceptors (Lipinski definition) is 1. The Balaban J connectivity index is 2.94. The van der Waals surface area contributed by atoms with Crippen LogP contribution in [-0.2, 0) is 0 Å². The molecule has 1 N–H and O–H groups in total. The second kappa shape index (κ2) is 4.64. The molecule has 3 heteroatoms. The third kappa shape index (κ3) is 2.81. The topological polar surface area (TPSA) is 29.1 Å². The minimum Gasteiger partial charge on any atom is -0.347 e. The van der Waals surface area contributed by atoms with Gasteiger partial charge in [0.15, 0.2) is 0 Å². The van der Waals surface area contributed by atoms with Crippen molar-refractivity contribution in [2.45, 2.75) is 39.7 Å². The largest absolute Gasteiger partial charge is 0.347 e. The van der Waals surface area contributed by atoms with Crippen molar-refractivity contribution in [2.24, 2.45) is 0 Å². The molecule has 0 aliphatic carbocycles. The zero-order valence-corrected chi connectivity index (χ0v) is 10.2. The molecule has 0 heterocycles. The molecular weight excluding hydrogens is 205 g/mol. The fourth-order valence-corrected chi connectivity index (χ4v) is 1.29. The van der Waals surface area contributed by atoms with E-state index in [2.05, 4.69) is 5.32 Å². The van der Waals surface area contributed by atoms with Crippen LogP contribution in [0.5, 0.6) is 0 Å². The molecule has 0 bridgehead atoms. The van der Waals surface area contributed by atoms with Gasteiger partial charge in [0.05, 0.1) is 5.56 Å². The second-order valence-electron chi connectivity index (χ2n) is 4.63. The molecule has 1 amide bonds. The lowest BCUT2D eigenvalue weighted by Crippen LogP contribution is -2.43. The van der Waals surface area contributed by atoms with Crippen LogP contribution in [0.1, 0.15) is 43.1 Å². The summed E-state index contributed by atoms with van der Waals surface area (Å²) in [7, 11) is 0. The van der Waals surface area contributed by atoms with Crippen molar-refractivity contribution in [3.8, 4) is 0 Å². The summed E-state index contributed by atoms with van der Waals surface area (Å²) in [4.78, 5) is 11.8. The highest BCUT2D eigenvalue weighted by molar-refractivity contribution is 5.95. The van der Waals surface area contributed by atoms with E-state index in [-0.39, 0.29) is 17.0 Å². The molecule has 0 spiro atoms. The monoisotopic (exact) mass is 223 g/mol. The van der Waals surface area contributed by atoms with Crippen LogP contribution in [0.3, 0.4) is 0 Å². The predicted molar refractivity (Wildman–Crippen MR) is 63.0 cm³/mol. The minimum atomic E-state index is -0.438. The Bertz CT molecular complexity index is 399. The molecule has 0 radical (unpaired) electrons. The van der Waals surface area contributed by atoms with E-state index >= 15 is 0 Å². The summed E-state index contributed by atoms with van der Waals surface area (Å²) in [6, 6.07) is 4.84. The van der Waals surface area contributed by atoms with Gasteiger partial charge in [-0.3, -0.25) is 4.79 Å². The fourth-order valence-electron chi connectivity index (χ4n) is 1.29. The van der Waals surface area contributed by atoms with E-state index in [0.717, 1.165) is 6.42 Å². The molecule has 0 aliphatic heterocycles. The SMILES string of the molecule is CCC(C)(C)NC(=O)c1cccc(C)c1F. The smallest absolute Gasteiger partial charge is 0.254 e. The van der Waals surface area contributed by atoms with Crippen molar-refractivity contribution in [3.63, 3.8) is 0 Å². The average molecular weight is 223 g/mol. The van der Waals surface area contributed by atoms with E-state index in [9.17, 15) is 9.18 Å². The van der Waals surface area contributed by atoms with Gasteiger partial charge in [-0.2, -0.15) is 0 Å². The van der Waals surface area contributed by atoms with Gasteiger partial charge >= 0.3 is 0 Å². The van der Waals surface area contributed by atoms with Crippen molar-refractivity contribution < 1.29 is 9.18 Å². The lowest BCUT2D eigenvalue weighted by molar-refractivity contribution is 0.0907. The van der Waals surface area contributed by atoms with Crippen molar-refractivity contribution in [3.05, 3.63) is 35.1 Å². The molecule has 0 saturated heterocycles. The maximum Gasteiger partial charge on any atom is 0.254 e. The van der Waals surface area contributed by atoms with E-state index in [4.69, 9.17) is 0 Å². The maximum atomic E-state index is 13.7. The van der Waals surface area contributed by atoms with E-state index in [1.807, 2.05) is 20.8 Å². The predicted octanol–water partition coefficient (Wildman–Crippen LogP) is 3.05. The highest BCUT2D eigenvalue weighted by atomic mass is 19.1. The number of hydrogen-bond donors (Lipinski definition) is 1. The molecule has 0 aromatic heterocycles. The Hall–Kier alpha value is -1.38. The van der Waals surface area contributed by atoms with Crippen LogP contribution in [-0.4, -0.2) is 11.4 Å². The summed E-state index contributed by atoms with van der Waals surface area (Å²) in [5.41, 5.74) is 0.288. The summed E-state index contributed by atoms with van der Waals surface area (Å²) in [6.45, 7) is 7.46. The van der Waals surface area contributed by atoms with Gasteiger partial charge in [0.2, 0.25) is 0 Å². The molecule has 0 fully saturated rings. The highest BCUT2D eigenvalue weighted by Gasteiger charge is 2.21. The van der Waals surface area contributed by atoms with Gasteiger partial charge < -0.3 is 5.32 Å². The molecule has 1 rings (SSSR count). The summed E-state index contributed by atoms with van der Waals surface area (Å²) >= 11 is 0. The molecule has 0 aliphatic rings. The molecule has 1 aromatic rings. The van der Waals surface area contributed by atoms with Crippen molar-refractivity contribution >= 4 is 5.91 Å². The van der Waals surface area contributed by atoms with Gasteiger partial charge in [-0.15, -0.1) is 0 Å². The number of carbonyl (C=O) groups excluding carboxylic acids is 1. The Morgan fingerprint density at radius 1 is 1.44 bits per heavy atom. The Morgan fingerprint density at radius 2 is 2.06 bits per heavy atom. The first-order valence-electron chi connectivity index (χ1n) is 5.45. The molecule has 1 aromatic carbocycles. The van der Waals surface area contributed by atoms with E-state index in [1.165, 1.54) is 6.07 Å². The van der Waals surface area contributed by atoms with Crippen LogP contribution < -0.4 is 5.32 Å². The number of nitrogens with one attached hydrogen (secondary N) is 1. The zero-order chi connectivity index (χ0) is 12.3. The first kappa shape index (κ1) is 12.7. The van der Waals surface area contributed by atoms with Crippen molar-refractivity contribution in [1.82, 2.24) is 5.32 Å². The number of benzene rings is 1. The lowest BCUT2D eigenvalue weighted by Gasteiger charge is -2.24. The number of carbonyl (C=O) groups is 1. The number of rotatable bonds is 3. The van der Waals surface area contributed by atoms with Crippen molar-refractivity contribution in [2.75, 3.05) is 0 Å². The lowest BCUT2D eigenvalue weighted by atomic mass is 10.0. The van der Waals surface area contributed by atoms with Gasteiger partial charge in [0.25, 0.3) is 5.91 Å². The number of amides is 1. The molecule has 0 unspecified atom stereocenters. The molecule has 0 atom stereocenters. The van der Waals surface area contributed by atoms with E-state index in [1.54, 1.807) is 19.1 Å². The number of aryl methyl sites for hydroxylation is 1. The zero-order valence-electron chi connectivity index (χ0n) is 10.2. The van der Waals surface area contributed by atoms with Crippen LogP contribution in [0.25, 0.3) is 0 Å². The standard InChI is InChI=1S/C13H18FNO/c1-5-13(3,4)15-12(16)10-8-6-7-9(2)11(10)14/h6-8H,5H2,1-4H3,(H,15,16). The molecule has 88 valence electrons. The molecule has 2 nitrogen and oxygen atoms in total. The summed E-state index contributed by atoms with van der Waals surface area (Å²) in [5.74, 6) is -0.792. The maximum absolute atomic E-state index is 13.7. The van der Waals surface area contributed by atoms with Crippen LogP contribution in [0.4, 0.5) is 4.39 Å². The summed E-state index contributed by atoms with van der Waals surface area (Å²) < 4.78 is 13.7. The first-order chi connectivity index (χ1) is 7.37. The van der Waals surface area contributed by atoms with Gasteiger partial charge in [-0.25, -0.2) is 4.39 Å². The quantitative estimate of drug-likeness (QED) is 0.838. The van der Waals surface area contributed by atoms with Gasteiger partial charge in [0, 0.05) is 5.54 Å². The van der Waals surface area contributed by atoms with Gasteiger partial charge in [-0.1, -0.05) is 19.1 Å². The van der Waals surface area contributed by atoms with E-state index < -0.39 is 5.82 Å².